The Hall–Kier alpha value is -0.550. The minimum atomic E-state index is -0.676. The second kappa shape index (κ2) is 3.79. The fourth-order valence-electron chi connectivity index (χ4n) is 3.19. The van der Waals surface area contributed by atoms with Gasteiger partial charge in [0.05, 0.1) is 17.1 Å². The molecule has 0 spiro atoms. The zero-order valence-corrected chi connectivity index (χ0v) is 9.63. The van der Waals surface area contributed by atoms with Crippen LogP contribution in [-0.2, 0) is 0 Å². The highest BCUT2D eigenvalue weighted by atomic mass is 16.3. The molecule has 1 N–H and O–H groups in total. The van der Waals surface area contributed by atoms with Crippen molar-refractivity contribution in [2.75, 3.05) is 0 Å². The van der Waals surface area contributed by atoms with E-state index >= 15 is 0 Å². The maximum Gasteiger partial charge on any atom is 0.0860 e. The Morgan fingerprint density at radius 2 is 1.87 bits per heavy atom. The fraction of sp³-hybridized carbons (Fsp3) is 0.923. The van der Waals surface area contributed by atoms with E-state index in [1.807, 2.05) is 0 Å². The molecule has 0 aromatic heterocycles. The summed E-state index contributed by atoms with van der Waals surface area (Å²) in [5, 5.41) is 20.0. The highest BCUT2D eigenvalue weighted by Crippen LogP contribution is 2.53. The summed E-state index contributed by atoms with van der Waals surface area (Å²) in [4.78, 5) is 0. The van der Waals surface area contributed by atoms with E-state index in [0.717, 1.165) is 50.9 Å². The lowest BCUT2D eigenvalue weighted by Gasteiger charge is -2.48. The summed E-state index contributed by atoms with van der Waals surface area (Å²) in [6.07, 6.45) is 7.99. The quantitative estimate of drug-likeness (QED) is 0.672. The van der Waals surface area contributed by atoms with Gasteiger partial charge in [0.25, 0.3) is 0 Å². The van der Waals surface area contributed by atoms with Crippen molar-refractivity contribution in [1.29, 1.82) is 5.26 Å². The summed E-state index contributed by atoms with van der Waals surface area (Å²) in [5.74, 6) is 0.717. The van der Waals surface area contributed by atoms with E-state index in [0.29, 0.717) is 0 Å². The number of hydrogen-bond acceptors (Lipinski definition) is 2. The van der Waals surface area contributed by atoms with Crippen LogP contribution in [0.1, 0.15) is 58.3 Å². The van der Waals surface area contributed by atoms with E-state index in [1.54, 1.807) is 0 Å². The van der Waals surface area contributed by atoms with E-state index in [9.17, 15) is 10.4 Å². The van der Waals surface area contributed by atoms with E-state index in [1.165, 1.54) is 6.42 Å². The van der Waals surface area contributed by atoms with Gasteiger partial charge in [-0.15, -0.1) is 0 Å². The summed E-state index contributed by atoms with van der Waals surface area (Å²) >= 11 is 0. The lowest BCUT2D eigenvalue weighted by atomic mass is 9.57. The van der Waals surface area contributed by atoms with Crippen LogP contribution in [0.5, 0.6) is 0 Å². The SMILES string of the molecule is CC1CCCC(O)(C2(C#N)CCC2)CC1. The number of aliphatic hydroxyl groups is 1. The van der Waals surface area contributed by atoms with Crippen LogP contribution in [0, 0.1) is 22.7 Å². The van der Waals surface area contributed by atoms with Crippen molar-refractivity contribution >= 4 is 0 Å². The Kier molecular flexibility index (Phi) is 2.77. The number of nitriles is 1. The van der Waals surface area contributed by atoms with Gasteiger partial charge in [-0.25, -0.2) is 0 Å². The van der Waals surface area contributed by atoms with Gasteiger partial charge in [-0.1, -0.05) is 26.2 Å². The first-order valence-corrected chi connectivity index (χ1v) is 6.26. The highest BCUT2D eigenvalue weighted by Gasteiger charge is 2.54. The largest absolute Gasteiger partial charge is 0.388 e. The average molecular weight is 207 g/mol. The first-order valence-electron chi connectivity index (χ1n) is 6.26. The molecule has 0 saturated heterocycles. The molecule has 0 aromatic rings. The third-order valence-corrected chi connectivity index (χ3v) is 4.65. The Bertz CT molecular complexity index is 277. The molecule has 84 valence electrons. The van der Waals surface area contributed by atoms with Gasteiger partial charge >= 0.3 is 0 Å². The van der Waals surface area contributed by atoms with Crippen molar-refractivity contribution in [2.45, 2.75) is 63.9 Å². The molecule has 2 saturated carbocycles. The first-order chi connectivity index (χ1) is 7.12. The van der Waals surface area contributed by atoms with Crippen LogP contribution in [0.25, 0.3) is 0 Å². The Balaban J connectivity index is 2.14. The minimum Gasteiger partial charge on any atom is -0.388 e. The van der Waals surface area contributed by atoms with Crippen molar-refractivity contribution in [2.24, 2.45) is 11.3 Å². The average Bonchev–Trinajstić information content (AvgIpc) is 2.29. The van der Waals surface area contributed by atoms with Crippen molar-refractivity contribution in [1.82, 2.24) is 0 Å². The Labute approximate surface area is 92.3 Å². The van der Waals surface area contributed by atoms with Gasteiger partial charge in [-0.05, 0) is 38.0 Å². The third-order valence-electron chi connectivity index (χ3n) is 4.65. The molecule has 15 heavy (non-hydrogen) atoms. The van der Waals surface area contributed by atoms with Gasteiger partial charge in [-0.2, -0.15) is 5.26 Å². The Morgan fingerprint density at radius 3 is 2.40 bits per heavy atom. The molecule has 2 unspecified atom stereocenters. The van der Waals surface area contributed by atoms with Gasteiger partial charge in [-0.3, -0.25) is 0 Å². The zero-order chi connectivity index (χ0) is 10.9. The van der Waals surface area contributed by atoms with E-state index in [-0.39, 0.29) is 0 Å². The molecule has 2 aliphatic carbocycles. The molecule has 2 atom stereocenters. The normalized spacial score (nSPS) is 39.9. The predicted octanol–water partition coefficient (Wildman–Crippen LogP) is 3.01. The summed E-state index contributed by atoms with van der Waals surface area (Å²) in [5.41, 5.74) is -1.07. The second-order valence-electron chi connectivity index (χ2n) is 5.62. The van der Waals surface area contributed by atoms with Crippen LogP contribution in [0.15, 0.2) is 0 Å². The Morgan fingerprint density at radius 1 is 1.13 bits per heavy atom. The fourth-order valence-corrected chi connectivity index (χ4v) is 3.19. The molecule has 2 aliphatic rings. The minimum absolute atomic E-state index is 0.392. The molecule has 0 aromatic carbocycles. The van der Waals surface area contributed by atoms with E-state index < -0.39 is 11.0 Å². The summed E-state index contributed by atoms with van der Waals surface area (Å²) in [6, 6.07) is 2.42. The van der Waals surface area contributed by atoms with Gasteiger partial charge in [0.1, 0.15) is 0 Å². The molecule has 2 fully saturated rings. The van der Waals surface area contributed by atoms with Gasteiger partial charge in [0, 0.05) is 0 Å². The van der Waals surface area contributed by atoms with Crippen molar-refractivity contribution in [3.8, 4) is 6.07 Å². The molecular formula is C13H21NO. The maximum atomic E-state index is 10.7. The first kappa shape index (κ1) is 11.0. The lowest BCUT2D eigenvalue weighted by molar-refractivity contribution is -0.104. The van der Waals surface area contributed by atoms with Crippen LogP contribution in [0.3, 0.4) is 0 Å². The molecule has 0 bridgehead atoms. The molecule has 0 amide bonds. The standard InChI is InChI=1S/C13H21NO/c1-11-4-2-8-13(15,9-5-11)12(10-14)6-3-7-12/h11,15H,2-9H2,1H3. The van der Waals surface area contributed by atoms with Gasteiger partial charge < -0.3 is 5.11 Å². The summed E-state index contributed by atoms with van der Waals surface area (Å²) in [6.45, 7) is 2.26. The van der Waals surface area contributed by atoms with Crippen molar-refractivity contribution in [3.05, 3.63) is 0 Å². The van der Waals surface area contributed by atoms with Gasteiger partial charge in [0.2, 0.25) is 0 Å². The molecule has 0 heterocycles. The van der Waals surface area contributed by atoms with Crippen LogP contribution >= 0.6 is 0 Å². The van der Waals surface area contributed by atoms with Crippen molar-refractivity contribution in [3.63, 3.8) is 0 Å². The maximum absolute atomic E-state index is 10.7. The number of nitrogens with zero attached hydrogens (tertiary/aromatic N) is 1. The van der Waals surface area contributed by atoms with Crippen molar-refractivity contribution < 1.29 is 5.11 Å². The second-order valence-corrected chi connectivity index (χ2v) is 5.62. The topological polar surface area (TPSA) is 44.0 Å². The third kappa shape index (κ3) is 1.67. The van der Waals surface area contributed by atoms with Crippen LogP contribution < -0.4 is 0 Å². The molecule has 0 radical (unpaired) electrons. The van der Waals surface area contributed by atoms with Crippen LogP contribution in [-0.4, -0.2) is 10.7 Å². The predicted molar refractivity (Wildman–Crippen MR) is 59.1 cm³/mol. The monoisotopic (exact) mass is 207 g/mol. The van der Waals surface area contributed by atoms with Crippen LogP contribution in [0.4, 0.5) is 0 Å². The summed E-state index contributed by atoms with van der Waals surface area (Å²) < 4.78 is 0. The molecule has 2 rings (SSSR count). The molecular weight excluding hydrogens is 186 g/mol. The lowest BCUT2D eigenvalue weighted by Crippen LogP contribution is -2.51. The number of hydrogen-bond donors (Lipinski definition) is 1. The molecule has 0 aliphatic heterocycles. The van der Waals surface area contributed by atoms with Gasteiger partial charge in [0.15, 0.2) is 0 Å². The van der Waals surface area contributed by atoms with Crippen LogP contribution in [0.2, 0.25) is 0 Å². The summed E-state index contributed by atoms with van der Waals surface area (Å²) in [7, 11) is 0. The highest BCUT2D eigenvalue weighted by molar-refractivity contribution is 5.16. The van der Waals surface area contributed by atoms with E-state index in [4.69, 9.17) is 0 Å². The zero-order valence-electron chi connectivity index (χ0n) is 9.63. The molecule has 2 nitrogen and oxygen atoms in total. The smallest absolute Gasteiger partial charge is 0.0860 e. The molecule has 2 heteroatoms. The number of rotatable bonds is 1. The van der Waals surface area contributed by atoms with E-state index in [2.05, 4.69) is 13.0 Å².